The number of hydrogen-bond donors (Lipinski definition) is 4. The monoisotopic (exact) mass is 875 g/mol. The first-order chi connectivity index (χ1) is 28.7. The molecular formula is C43H53Cl2F2N5O8. The second kappa shape index (κ2) is 23.0. The summed E-state index contributed by atoms with van der Waals surface area (Å²) in [5, 5.41) is 22.4. The molecule has 4 rings (SSSR count). The maximum absolute atomic E-state index is 16.1. The lowest BCUT2D eigenvalue weighted by Crippen LogP contribution is -2.45. The third kappa shape index (κ3) is 12.8. The average Bonchev–Trinajstić information content (AvgIpc) is 3.52. The molecule has 1 aliphatic heterocycles. The van der Waals surface area contributed by atoms with Crippen molar-refractivity contribution in [3.8, 4) is 11.8 Å². The zero-order valence-corrected chi connectivity index (χ0v) is 35.9. The van der Waals surface area contributed by atoms with E-state index in [1.54, 1.807) is 7.05 Å². The number of methoxy groups -OCH3 is 1. The Bertz CT molecular complexity index is 1980. The van der Waals surface area contributed by atoms with Crippen LogP contribution in [-0.2, 0) is 34.0 Å². The molecule has 0 aliphatic carbocycles. The van der Waals surface area contributed by atoms with Crippen molar-refractivity contribution in [3.05, 3.63) is 93.0 Å². The van der Waals surface area contributed by atoms with E-state index in [1.165, 1.54) is 55.6 Å². The molecule has 1 fully saturated rings. The number of halogens is 4. The lowest BCUT2D eigenvalue weighted by atomic mass is 9.62. The number of carbonyl (C=O) groups is 3. The summed E-state index contributed by atoms with van der Waals surface area (Å²) in [5.41, 5.74) is -1.87. The Balaban J connectivity index is 1.39. The summed E-state index contributed by atoms with van der Waals surface area (Å²) in [6.45, 7) is 8.78. The highest BCUT2D eigenvalue weighted by Crippen LogP contribution is 2.53. The summed E-state index contributed by atoms with van der Waals surface area (Å²) >= 11 is 12.4. The van der Waals surface area contributed by atoms with Crippen molar-refractivity contribution in [2.24, 2.45) is 5.41 Å². The Morgan fingerprint density at radius 3 is 2.15 bits per heavy atom. The predicted octanol–water partition coefficient (Wildman–Crippen LogP) is 6.17. The molecule has 4 N–H and O–H groups in total. The highest BCUT2D eigenvalue weighted by molar-refractivity contribution is 6.31. The van der Waals surface area contributed by atoms with E-state index in [4.69, 9.17) is 46.9 Å². The molecule has 1 saturated heterocycles. The number of hydrogen-bond acceptors (Lipinski definition) is 10. The van der Waals surface area contributed by atoms with Gasteiger partial charge in [-0.05, 0) is 53.8 Å². The average molecular weight is 877 g/mol. The summed E-state index contributed by atoms with van der Waals surface area (Å²) in [7, 11) is 2.95. The lowest BCUT2D eigenvalue weighted by molar-refractivity contribution is -0.122. The summed E-state index contributed by atoms with van der Waals surface area (Å²) in [6.07, 6.45) is 0.600. The van der Waals surface area contributed by atoms with Crippen LogP contribution in [0.1, 0.15) is 61.0 Å². The zero-order valence-electron chi connectivity index (χ0n) is 34.4. The minimum Gasteiger partial charge on any atom is -0.495 e. The molecule has 3 amide bonds. The van der Waals surface area contributed by atoms with Crippen LogP contribution in [0.3, 0.4) is 0 Å². The Morgan fingerprint density at radius 1 is 0.900 bits per heavy atom. The number of carbonyl (C=O) groups excluding carboxylic acids is 3. The van der Waals surface area contributed by atoms with E-state index < -0.39 is 52.3 Å². The minimum atomic E-state index is -1.81. The van der Waals surface area contributed by atoms with E-state index in [0.29, 0.717) is 59.1 Å². The van der Waals surface area contributed by atoms with Crippen LogP contribution in [0.5, 0.6) is 5.75 Å². The van der Waals surface area contributed by atoms with Crippen molar-refractivity contribution >= 4 is 46.6 Å². The van der Waals surface area contributed by atoms with Crippen molar-refractivity contribution in [3.63, 3.8) is 0 Å². The van der Waals surface area contributed by atoms with Crippen molar-refractivity contribution in [1.29, 1.82) is 5.26 Å². The summed E-state index contributed by atoms with van der Waals surface area (Å²) in [5.74, 6) is -3.87. The van der Waals surface area contributed by atoms with Crippen LogP contribution in [0, 0.1) is 28.4 Å². The molecule has 4 atom stereocenters. The molecule has 326 valence electrons. The lowest BCUT2D eigenvalue weighted by Gasteiger charge is -2.37. The van der Waals surface area contributed by atoms with E-state index in [-0.39, 0.29) is 57.2 Å². The van der Waals surface area contributed by atoms with Crippen LogP contribution in [0.4, 0.5) is 14.5 Å². The van der Waals surface area contributed by atoms with Gasteiger partial charge in [0.15, 0.2) is 0 Å². The molecule has 0 unspecified atom stereocenters. The minimum absolute atomic E-state index is 0.0424. The second-order valence-electron chi connectivity index (χ2n) is 15.2. The molecule has 1 heterocycles. The van der Waals surface area contributed by atoms with Crippen molar-refractivity contribution in [1.82, 2.24) is 16.0 Å². The van der Waals surface area contributed by atoms with Gasteiger partial charge >= 0.3 is 0 Å². The van der Waals surface area contributed by atoms with Crippen molar-refractivity contribution < 1.29 is 46.8 Å². The number of rotatable bonds is 22. The van der Waals surface area contributed by atoms with Gasteiger partial charge in [0.25, 0.3) is 5.91 Å². The Labute approximate surface area is 359 Å². The third-order valence-electron chi connectivity index (χ3n) is 9.85. The first-order valence-corrected chi connectivity index (χ1v) is 20.3. The molecule has 60 heavy (non-hydrogen) atoms. The van der Waals surface area contributed by atoms with Gasteiger partial charge in [0.2, 0.25) is 11.8 Å². The van der Waals surface area contributed by atoms with Gasteiger partial charge in [0.1, 0.15) is 22.8 Å². The molecule has 17 heteroatoms. The topological polar surface area (TPSA) is 169 Å². The number of amides is 3. The van der Waals surface area contributed by atoms with E-state index in [1.807, 2.05) is 20.8 Å². The molecular weight excluding hydrogens is 823 g/mol. The van der Waals surface area contributed by atoms with Crippen LogP contribution in [0.15, 0.2) is 54.6 Å². The molecule has 0 aromatic heterocycles. The summed E-state index contributed by atoms with van der Waals surface area (Å²) < 4.78 is 59.3. The molecule has 3 aromatic carbocycles. The number of anilines is 1. The summed E-state index contributed by atoms with van der Waals surface area (Å²) in [6, 6.07) is 12.9. The Kier molecular flexibility index (Phi) is 18.5. The molecule has 0 saturated carbocycles. The van der Waals surface area contributed by atoms with Crippen LogP contribution in [0.25, 0.3) is 0 Å². The Hall–Kier alpha value is -4.40. The highest BCUT2D eigenvalue weighted by atomic mass is 35.5. The SMILES string of the molecule is CNC(=O)CCOCCOCCOCCOCCNC(=O)c1ccc(NC(=O)[C@@H]2N[C@@H](CC(C)(C)C)[C@](C#N)(c3ccc(Cl)cc3F)[C@H]2c2cccc(Cl)c2F)c(OC)c1. The van der Waals surface area contributed by atoms with Gasteiger partial charge in [0, 0.05) is 48.1 Å². The summed E-state index contributed by atoms with van der Waals surface area (Å²) in [4.78, 5) is 38.6. The fourth-order valence-electron chi connectivity index (χ4n) is 7.09. The number of nitrogens with zero attached hydrogens (tertiary/aromatic N) is 1. The number of nitriles is 1. The van der Waals surface area contributed by atoms with E-state index in [9.17, 15) is 19.6 Å². The number of ether oxygens (including phenoxy) is 5. The quantitative estimate of drug-likeness (QED) is 0.0857. The van der Waals surface area contributed by atoms with Crippen LogP contribution < -0.4 is 26.0 Å². The van der Waals surface area contributed by atoms with Gasteiger partial charge < -0.3 is 45.0 Å². The number of benzene rings is 3. The third-order valence-corrected chi connectivity index (χ3v) is 10.4. The molecule has 1 aliphatic rings. The Morgan fingerprint density at radius 2 is 1.55 bits per heavy atom. The van der Waals surface area contributed by atoms with Gasteiger partial charge in [-0.15, -0.1) is 0 Å². The van der Waals surface area contributed by atoms with Gasteiger partial charge in [0.05, 0.1) is 82.8 Å². The standard InChI is InChI=1S/C43H53Cl2F2N5O8/c1-42(2,3)25-35-43(26-48,30-11-10-28(44)24-32(30)46)37(29-7-6-8-31(45)38(29)47)39(52-35)41(55)51-33-12-9-27(23-34(33)56-5)40(54)50-14-16-58-18-20-60-22-21-59-19-17-57-15-13-36(53)49-4/h6-12,23-24,35,37,39,52H,13-22,25H2,1-5H3,(H,49,53)(H,50,54)(H,51,55)/t35-,37-,39+,43-/m0/s1. The van der Waals surface area contributed by atoms with Crippen molar-refractivity contribution in [2.75, 3.05) is 78.9 Å². The molecule has 0 radical (unpaired) electrons. The fourth-order valence-corrected chi connectivity index (χ4v) is 7.43. The van der Waals surface area contributed by atoms with E-state index >= 15 is 8.78 Å². The molecule has 13 nitrogen and oxygen atoms in total. The van der Waals surface area contributed by atoms with Crippen LogP contribution in [0.2, 0.25) is 10.0 Å². The van der Waals surface area contributed by atoms with Crippen molar-refractivity contribution in [2.45, 2.75) is 57.0 Å². The van der Waals surface area contributed by atoms with E-state index in [0.717, 1.165) is 6.07 Å². The zero-order chi connectivity index (χ0) is 43.9. The smallest absolute Gasteiger partial charge is 0.251 e. The molecule has 0 bridgehead atoms. The number of nitrogens with one attached hydrogen (secondary N) is 4. The fraction of sp³-hybridized carbons (Fsp3) is 0.488. The maximum atomic E-state index is 16.1. The van der Waals surface area contributed by atoms with Gasteiger partial charge in [-0.25, -0.2) is 8.78 Å². The molecule has 0 spiro atoms. The first kappa shape index (κ1) is 48.3. The van der Waals surface area contributed by atoms with Gasteiger partial charge in [-0.1, -0.05) is 62.2 Å². The largest absolute Gasteiger partial charge is 0.495 e. The second-order valence-corrected chi connectivity index (χ2v) is 16.1. The molecule has 3 aromatic rings. The maximum Gasteiger partial charge on any atom is 0.251 e. The van der Waals surface area contributed by atoms with E-state index in [2.05, 4.69) is 27.3 Å². The van der Waals surface area contributed by atoms with Crippen LogP contribution >= 0.6 is 23.2 Å². The predicted molar refractivity (Wildman–Crippen MR) is 224 cm³/mol. The normalized spacial score (nSPS) is 18.8. The van der Waals surface area contributed by atoms with Gasteiger partial charge in [-0.3, -0.25) is 14.4 Å². The first-order valence-electron chi connectivity index (χ1n) is 19.5. The van der Waals surface area contributed by atoms with Crippen LogP contribution in [-0.4, -0.2) is 103 Å². The van der Waals surface area contributed by atoms with Gasteiger partial charge in [-0.2, -0.15) is 5.26 Å². The highest BCUT2D eigenvalue weighted by Gasteiger charge is 2.61.